The second-order valence-corrected chi connectivity index (χ2v) is 5.76. The smallest absolute Gasteiger partial charge is 0.246 e. The van der Waals surface area contributed by atoms with Gasteiger partial charge in [-0.25, -0.2) is 8.78 Å². The highest BCUT2D eigenvalue weighted by molar-refractivity contribution is 5.90. The van der Waals surface area contributed by atoms with E-state index in [1.165, 1.54) is 17.0 Å². The van der Waals surface area contributed by atoms with E-state index in [4.69, 9.17) is 0 Å². The molecular formula is C18H20F2N2O2. The van der Waals surface area contributed by atoms with E-state index >= 15 is 0 Å². The van der Waals surface area contributed by atoms with Crippen molar-refractivity contribution < 1.29 is 18.4 Å². The van der Waals surface area contributed by atoms with Crippen LogP contribution in [0.1, 0.15) is 18.4 Å². The third-order valence-corrected chi connectivity index (χ3v) is 4.00. The summed E-state index contributed by atoms with van der Waals surface area (Å²) in [7, 11) is 1.56. The zero-order chi connectivity index (χ0) is 17.7. The molecule has 1 aliphatic heterocycles. The summed E-state index contributed by atoms with van der Waals surface area (Å²) in [5.41, 5.74) is 1.69. The van der Waals surface area contributed by atoms with Gasteiger partial charge in [0.1, 0.15) is 0 Å². The largest absolute Gasteiger partial charge is 0.341 e. The van der Waals surface area contributed by atoms with Crippen molar-refractivity contribution in [3.8, 4) is 0 Å². The van der Waals surface area contributed by atoms with Crippen molar-refractivity contribution in [2.75, 3.05) is 26.7 Å². The van der Waals surface area contributed by atoms with E-state index in [2.05, 4.69) is 6.58 Å². The molecule has 2 rings (SSSR count). The number of nitrogens with zero attached hydrogens (tertiary/aromatic N) is 2. The molecule has 4 nitrogen and oxygen atoms in total. The summed E-state index contributed by atoms with van der Waals surface area (Å²) in [5.74, 6) is -2.14. The minimum absolute atomic E-state index is 0.0209. The topological polar surface area (TPSA) is 40.6 Å². The number of hydrogen-bond acceptors (Lipinski definition) is 2. The molecule has 0 saturated carbocycles. The minimum Gasteiger partial charge on any atom is -0.341 e. The van der Waals surface area contributed by atoms with Gasteiger partial charge in [0.2, 0.25) is 11.8 Å². The second-order valence-electron chi connectivity index (χ2n) is 5.76. The van der Waals surface area contributed by atoms with Crippen molar-refractivity contribution in [2.45, 2.75) is 12.8 Å². The first-order chi connectivity index (χ1) is 11.4. The van der Waals surface area contributed by atoms with Crippen LogP contribution in [0, 0.1) is 11.6 Å². The van der Waals surface area contributed by atoms with Gasteiger partial charge in [0.15, 0.2) is 11.6 Å². The van der Waals surface area contributed by atoms with Crippen LogP contribution in [0.3, 0.4) is 0 Å². The van der Waals surface area contributed by atoms with Gasteiger partial charge in [-0.15, -0.1) is 0 Å². The van der Waals surface area contributed by atoms with Crippen LogP contribution in [-0.2, 0) is 9.59 Å². The van der Waals surface area contributed by atoms with Gasteiger partial charge in [0.05, 0.1) is 6.54 Å². The highest BCUT2D eigenvalue weighted by atomic mass is 19.2. The second kappa shape index (κ2) is 7.86. The standard InChI is InChI=1S/C18H20F2N2O2/c1-3-17(23)21(2)12-18(24)22-8-6-13(7-9-22)10-14-4-5-15(19)16(20)11-14/h3-5,10-11H,1,6-9,12H2,2H3. The Balaban J connectivity index is 1.91. The van der Waals surface area contributed by atoms with Gasteiger partial charge < -0.3 is 9.80 Å². The Morgan fingerprint density at radius 3 is 2.50 bits per heavy atom. The molecule has 0 atom stereocenters. The zero-order valence-electron chi connectivity index (χ0n) is 13.6. The Bertz CT molecular complexity index is 676. The molecule has 0 bridgehead atoms. The molecule has 128 valence electrons. The average Bonchev–Trinajstić information content (AvgIpc) is 2.58. The summed E-state index contributed by atoms with van der Waals surface area (Å²) in [6, 6.07) is 3.79. The molecule has 1 fully saturated rings. The fraction of sp³-hybridized carbons (Fsp3) is 0.333. The number of likely N-dealkylation sites (tertiary alicyclic amines) is 1. The van der Waals surface area contributed by atoms with E-state index in [9.17, 15) is 18.4 Å². The third kappa shape index (κ3) is 4.50. The molecule has 0 aliphatic carbocycles. The van der Waals surface area contributed by atoms with Crippen molar-refractivity contribution in [2.24, 2.45) is 0 Å². The Kier molecular flexibility index (Phi) is 5.84. The van der Waals surface area contributed by atoms with Gasteiger partial charge >= 0.3 is 0 Å². The highest BCUT2D eigenvalue weighted by Gasteiger charge is 2.21. The lowest BCUT2D eigenvalue weighted by Gasteiger charge is -2.30. The van der Waals surface area contributed by atoms with Gasteiger partial charge in [-0.2, -0.15) is 0 Å². The monoisotopic (exact) mass is 334 g/mol. The summed E-state index contributed by atoms with van der Waals surface area (Å²) < 4.78 is 26.2. The van der Waals surface area contributed by atoms with Gasteiger partial charge in [-0.05, 0) is 36.6 Å². The van der Waals surface area contributed by atoms with Gasteiger partial charge in [0, 0.05) is 20.1 Å². The van der Waals surface area contributed by atoms with E-state index in [-0.39, 0.29) is 18.4 Å². The number of halogens is 2. The number of rotatable bonds is 4. The van der Waals surface area contributed by atoms with E-state index in [1.54, 1.807) is 11.9 Å². The summed E-state index contributed by atoms with van der Waals surface area (Å²) in [5, 5.41) is 0. The molecule has 2 amide bonds. The van der Waals surface area contributed by atoms with Gasteiger partial charge in [-0.1, -0.05) is 24.3 Å². The molecule has 6 heteroatoms. The summed E-state index contributed by atoms with van der Waals surface area (Å²) in [6.07, 6.45) is 4.34. The van der Waals surface area contributed by atoms with Crippen LogP contribution < -0.4 is 0 Å². The number of likely N-dealkylation sites (N-methyl/N-ethyl adjacent to an activating group) is 1. The molecule has 1 aromatic carbocycles. The zero-order valence-corrected chi connectivity index (χ0v) is 13.6. The van der Waals surface area contributed by atoms with Gasteiger partial charge in [0.25, 0.3) is 0 Å². The number of carbonyl (C=O) groups is 2. The van der Waals surface area contributed by atoms with Crippen LogP contribution in [0.15, 0.2) is 36.4 Å². The fourth-order valence-electron chi connectivity index (χ4n) is 2.56. The lowest BCUT2D eigenvalue weighted by Crippen LogP contribution is -2.43. The number of hydrogen-bond donors (Lipinski definition) is 0. The lowest BCUT2D eigenvalue weighted by molar-refractivity contribution is -0.137. The van der Waals surface area contributed by atoms with E-state index < -0.39 is 11.6 Å². The van der Waals surface area contributed by atoms with Gasteiger partial charge in [-0.3, -0.25) is 9.59 Å². The highest BCUT2D eigenvalue weighted by Crippen LogP contribution is 2.20. The Morgan fingerprint density at radius 1 is 1.25 bits per heavy atom. The maximum atomic E-state index is 13.2. The van der Waals surface area contributed by atoms with Crippen LogP contribution in [-0.4, -0.2) is 48.3 Å². The van der Waals surface area contributed by atoms with E-state index in [0.29, 0.717) is 31.5 Å². The Morgan fingerprint density at radius 2 is 1.92 bits per heavy atom. The predicted molar refractivity (Wildman–Crippen MR) is 88.0 cm³/mol. The molecule has 1 aliphatic rings. The molecule has 0 spiro atoms. The van der Waals surface area contributed by atoms with Crippen molar-refractivity contribution in [1.82, 2.24) is 9.80 Å². The summed E-state index contributed by atoms with van der Waals surface area (Å²) >= 11 is 0. The van der Waals surface area contributed by atoms with E-state index in [1.807, 2.05) is 6.08 Å². The summed E-state index contributed by atoms with van der Waals surface area (Å²) in [4.78, 5) is 26.6. The first kappa shape index (κ1) is 17.8. The normalized spacial score (nSPS) is 14.3. The number of carbonyl (C=O) groups excluding carboxylic acids is 2. The quantitative estimate of drug-likeness (QED) is 0.794. The maximum Gasteiger partial charge on any atom is 0.246 e. The SMILES string of the molecule is C=CC(=O)N(C)CC(=O)N1CCC(=Cc2ccc(F)c(F)c2)CC1. The minimum atomic E-state index is -0.869. The van der Waals surface area contributed by atoms with Crippen molar-refractivity contribution in [3.63, 3.8) is 0 Å². The molecule has 0 unspecified atom stereocenters. The molecule has 0 aromatic heterocycles. The third-order valence-electron chi connectivity index (χ3n) is 4.00. The van der Waals surface area contributed by atoms with Crippen LogP contribution in [0.5, 0.6) is 0 Å². The molecule has 1 aromatic rings. The number of piperidine rings is 1. The number of amides is 2. The molecule has 1 heterocycles. The van der Waals surface area contributed by atoms with Crippen molar-refractivity contribution in [3.05, 3.63) is 53.6 Å². The Labute approximate surface area is 140 Å². The van der Waals surface area contributed by atoms with Crippen molar-refractivity contribution >= 4 is 17.9 Å². The predicted octanol–water partition coefficient (Wildman–Crippen LogP) is 2.62. The lowest BCUT2D eigenvalue weighted by atomic mass is 10.0. The maximum absolute atomic E-state index is 13.2. The summed E-state index contributed by atoms with van der Waals surface area (Å²) in [6.45, 7) is 4.50. The van der Waals surface area contributed by atoms with Crippen LogP contribution in [0.2, 0.25) is 0 Å². The molecule has 24 heavy (non-hydrogen) atoms. The fourth-order valence-corrected chi connectivity index (χ4v) is 2.56. The van der Waals surface area contributed by atoms with E-state index in [0.717, 1.165) is 17.7 Å². The van der Waals surface area contributed by atoms with Crippen LogP contribution >= 0.6 is 0 Å². The molecular weight excluding hydrogens is 314 g/mol. The molecule has 0 N–H and O–H groups in total. The first-order valence-electron chi connectivity index (χ1n) is 7.70. The average molecular weight is 334 g/mol. The Hall–Kier alpha value is -2.50. The van der Waals surface area contributed by atoms with Crippen LogP contribution in [0.4, 0.5) is 8.78 Å². The number of benzene rings is 1. The van der Waals surface area contributed by atoms with Crippen LogP contribution in [0.25, 0.3) is 6.08 Å². The first-order valence-corrected chi connectivity index (χ1v) is 7.70. The molecule has 0 radical (unpaired) electrons. The van der Waals surface area contributed by atoms with Crippen molar-refractivity contribution in [1.29, 1.82) is 0 Å². The molecule has 1 saturated heterocycles.